The minimum absolute atomic E-state index is 0.608. The largest absolute Gasteiger partial charge is 0.369 e. The molecule has 0 atom stereocenters. The first-order valence-corrected chi connectivity index (χ1v) is 5.68. The van der Waals surface area contributed by atoms with Crippen LogP contribution in [0.3, 0.4) is 0 Å². The van der Waals surface area contributed by atoms with Gasteiger partial charge >= 0.3 is 0 Å². The highest BCUT2D eigenvalue weighted by atomic mass is 35.5. The van der Waals surface area contributed by atoms with Crippen molar-refractivity contribution in [1.29, 1.82) is 0 Å². The number of anilines is 1. The first-order chi connectivity index (χ1) is 7.16. The monoisotopic (exact) mass is 243 g/mol. The number of halogens is 2. The molecular formula is C11H13Cl2N2. The summed E-state index contributed by atoms with van der Waals surface area (Å²) in [6.45, 7) is 3.95. The lowest BCUT2D eigenvalue weighted by Gasteiger charge is -2.34. The molecule has 0 saturated carbocycles. The van der Waals surface area contributed by atoms with Crippen LogP contribution in [0.25, 0.3) is 0 Å². The molecule has 1 aromatic carbocycles. The van der Waals surface area contributed by atoms with Crippen LogP contribution in [0.15, 0.2) is 18.2 Å². The lowest BCUT2D eigenvalue weighted by atomic mass is 10.2. The summed E-state index contributed by atoms with van der Waals surface area (Å²) in [5.74, 6) is 0. The van der Waals surface area contributed by atoms with Gasteiger partial charge in [-0.3, -0.25) is 4.90 Å². The van der Waals surface area contributed by atoms with Crippen LogP contribution < -0.4 is 4.90 Å². The molecule has 0 unspecified atom stereocenters. The molecule has 1 saturated heterocycles. The minimum Gasteiger partial charge on any atom is -0.369 e. The Morgan fingerprint density at radius 3 is 2.27 bits per heavy atom. The number of nitrogens with zero attached hydrogens (tertiary/aromatic N) is 2. The summed E-state index contributed by atoms with van der Waals surface area (Å²) in [5.41, 5.74) is 1.14. The van der Waals surface area contributed by atoms with E-state index >= 15 is 0 Å². The van der Waals surface area contributed by atoms with Gasteiger partial charge < -0.3 is 4.90 Å². The molecule has 4 heteroatoms. The molecule has 1 fully saturated rings. The predicted octanol–water partition coefficient (Wildman–Crippen LogP) is 2.91. The number of piperazine rings is 1. The molecule has 1 radical (unpaired) electrons. The number of hydrogen-bond acceptors (Lipinski definition) is 2. The zero-order valence-corrected chi connectivity index (χ0v) is 9.93. The van der Waals surface area contributed by atoms with Crippen molar-refractivity contribution in [1.82, 2.24) is 4.90 Å². The van der Waals surface area contributed by atoms with Crippen LogP contribution in [0, 0.1) is 7.05 Å². The summed E-state index contributed by atoms with van der Waals surface area (Å²) in [4.78, 5) is 4.37. The minimum atomic E-state index is 0.608. The maximum absolute atomic E-state index is 5.98. The molecule has 0 N–H and O–H groups in total. The van der Waals surface area contributed by atoms with E-state index in [2.05, 4.69) is 16.8 Å². The second-order valence-electron chi connectivity index (χ2n) is 3.70. The van der Waals surface area contributed by atoms with Gasteiger partial charge in [0.2, 0.25) is 0 Å². The number of benzene rings is 1. The van der Waals surface area contributed by atoms with E-state index in [0.29, 0.717) is 10.0 Å². The second-order valence-corrected chi connectivity index (χ2v) is 4.52. The highest BCUT2D eigenvalue weighted by molar-refractivity contribution is 6.42. The zero-order valence-electron chi connectivity index (χ0n) is 8.42. The van der Waals surface area contributed by atoms with E-state index in [-0.39, 0.29) is 0 Å². The summed E-state index contributed by atoms with van der Waals surface area (Å²) < 4.78 is 0. The zero-order chi connectivity index (χ0) is 10.8. The fourth-order valence-corrected chi connectivity index (χ4v) is 1.98. The fraction of sp³-hybridized carbons (Fsp3) is 0.364. The highest BCUT2D eigenvalue weighted by Crippen LogP contribution is 2.27. The molecule has 81 valence electrons. The Balaban J connectivity index is 2.12. The van der Waals surface area contributed by atoms with Gasteiger partial charge in [-0.05, 0) is 18.2 Å². The third-order valence-corrected chi connectivity index (χ3v) is 3.38. The molecule has 1 heterocycles. The molecule has 2 nitrogen and oxygen atoms in total. The van der Waals surface area contributed by atoms with Gasteiger partial charge in [0, 0.05) is 38.9 Å². The van der Waals surface area contributed by atoms with Crippen molar-refractivity contribution in [3.8, 4) is 0 Å². The van der Waals surface area contributed by atoms with E-state index < -0.39 is 0 Å². The maximum Gasteiger partial charge on any atom is 0.0612 e. The van der Waals surface area contributed by atoms with Crippen molar-refractivity contribution >= 4 is 28.9 Å². The third kappa shape index (κ3) is 2.57. The third-order valence-electron chi connectivity index (χ3n) is 2.64. The molecule has 0 spiro atoms. The van der Waals surface area contributed by atoms with E-state index in [4.69, 9.17) is 23.2 Å². The molecule has 0 aromatic heterocycles. The summed E-state index contributed by atoms with van der Waals surface area (Å²) in [5, 5.41) is 1.22. The van der Waals surface area contributed by atoms with Gasteiger partial charge in [0.15, 0.2) is 0 Å². The van der Waals surface area contributed by atoms with Gasteiger partial charge in [-0.25, -0.2) is 0 Å². The van der Waals surface area contributed by atoms with Crippen molar-refractivity contribution in [3.05, 3.63) is 35.3 Å². The van der Waals surface area contributed by atoms with Gasteiger partial charge in [0.1, 0.15) is 0 Å². The Hall–Kier alpha value is -0.440. The van der Waals surface area contributed by atoms with Crippen LogP contribution in [0.4, 0.5) is 5.69 Å². The SMILES string of the molecule is [CH2]N1CCN(c2ccc(Cl)c(Cl)c2)CC1. The Morgan fingerprint density at radius 2 is 1.67 bits per heavy atom. The van der Waals surface area contributed by atoms with Crippen LogP contribution in [0.5, 0.6) is 0 Å². The Morgan fingerprint density at radius 1 is 1.00 bits per heavy atom. The number of rotatable bonds is 1. The first kappa shape index (κ1) is 11.1. The van der Waals surface area contributed by atoms with E-state index in [1.807, 2.05) is 18.2 Å². The lowest BCUT2D eigenvalue weighted by Crippen LogP contribution is -2.43. The van der Waals surface area contributed by atoms with Crippen molar-refractivity contribution in [2.75, 3.05) is 31.1 Å². The maximum atomic E-state index is 5.98. The molecule has 0 bridgehead atoms. The Labute approximate surface area is 100 Å². The second kappa shape index (κ2) is 4.60. The lowest BCUT2D eigenvalue weighted by molar-refractivity contribution is 0.344. The molecule has 0 aliphatic carbocycles. The molecular weight excluding hydrogens is 231 g/mol. The molecule has 0 amide bonds. The van der Waals surface area contributed by atoms with E-state index in [1.54, 1.807) is 0 Å². The normalized spacial score (nSPS) is 18.2. The van der Waals surface area contributed by atoms with Crippen molar-refractivity contribution in [2.24, 2.45) is 0 Å². The topological polar surface area (TPSA) is 6.48 Å². The standard InChI is InChI=1S/C11H13Cl2N2/c1-14-4-6-15(7-5-14)9-2-3-10(12)11(13)8-9/h2-3,8H,1,4-7H2. The average molecular weight is 244 g/mol. The molecule has 2 rings (SSSR count). The summed E-state index contributed by atoms with van der Waals surface area (Å²) >= 11 is 11.9. The quantitative estimate of drug-likeness (QED) is 0.749. The van der Waals surface area contributed by atoms with Crippen molar-refractivity contribution in [3.63, 3.8) is 0 Å². The summed E-state index contributed by atoms with van der Waals surface area (Å²) in [6, 6.07) is 5.77. The molecule has 15 heavy (non-hydrogen) atoms. The van der Waals surface area contributed by atoms with Crippen LogP contribution in [-0.4, -0.2) is 31.1 Å². The van der Waals surface area contributed by atoms with Gasteiger partial charge in [-0.2, -0.15) is 0 Å². The number of hydrogen-bond donors (Lipinski definition) is 0. The van der Waals surface area contributed by atoms with Gasteiger partial charge in [-0.1, -0.05) is 23.2 Å². The first-order valence-electron chi connectivity index (χ1n) is 4.92. The summed E-state index contributed by atoms with van der Waals surface area (Å²) in [6.07, 6.45) is 0. The molecule has 1 aliphatic heterocycles. The predicted molar refractivity (Wildman–Crippen MR) is 65.6 cm³/mol. The molecule has 1 aromatic rings. The Kier molecular flexibility index (Phi) is 3.39. The van der Waals surface area contributed by atoms with Crippen LogP contribution in [0.1, 0.15) is 0 Å². The van der Waals surface area contributed by atoms with E-state index in [9.17, 15) is 0 Å². The van der Waals surface area contributed by atoms with Crippen LogP contribution in [-0.2, 0) is 0 Å². The van der Waals surface area contributed by atoms with E-state index in [0.717, 1.165) is 31.9 Å². The van der Waals surface area contributed by atoms with E-state index in [1.165, 1.54) is 0 Å². The van der Waals surface area contributed by atoms with Gasteiger partial charge in [-0.15, -0.1) is 0 Å². The van der Waals surface area contributed by atoms with Crippen LogP contribution >= 0.6 is 23.2 Å². The highest BCUT2D eigenvalue weighted by Gasteiger charge is 2.14. The van der Waals surface area contributed by atoms with Crippen molar-refractivity contribution in [2.45, 2.75) is 0 Å². The van der Waals surface area contributed by atoms with Gasteiger partial charge in [0.25, 0.3) is 0 Å². The van der Waals surface area contributed by atoms with Crippen LogP contribution in [0.2, 0.25) is 10.0 Å². The summed E-state index contributed by atoms with van der Waals surface area (Å²) in [7, 11) is 3.92. The molecule has 1 aliphatic rings. The Bertz CT molecular complexity index is 346. The van der Waals surface area contributed by atoms with Gasteiger partial charge in [0.05, 0.1) is 10.0 Å². The average Bonchev–Trinajstić information content (AvgIpc) is 2.23. The van der Waals surface area contributed by atoms with Crippen molar-refractivity contribution < 1.29 is 0 Å². The fourth-order valence-electron chi connectivity index (χ4n) is 1.69. The smallest absolute Gasteiger partial charge is 0.0612 e.